The van der Waals surface area contributed by atoms with Crippen LogP contribution in [0.3, 0.4) is 0 Å². The molecule has 0 atom stereocenters. The normalized spacial score (nSPS) is 11.6. The minimum absolute atomic E-state index is 0.271. The van der Waals surface area contributed by atoms with Crippen LogP contribution in [0.4, 0.5) is 0 Å². The number of hydrogen-bond donors (Lipinski definition) is 1. The van der Waals surface area contributed by atoms with E-state index in [1.165, 1.54) is 18.4 Å². The van der Waals surface area contributed by atoms with Crippen LogP contribution in [0.25, 0.3) is 0 Å². The van der Waals surface area contributed by atoms with E-state index < -0.39 is 16.0 Å². The lowest BCUT2D eigenvalue weighted by atomic mass is 10.1. The van der Waals surface area contributed by atoms with E-state index in [-0.39, 0.29) is 10.5 Å². The van der Waals surface area contributed by atoms with Crippen LogP contribution >= 0.6 is 11.8 Å². The molecule has 0 amide bonds. The summed E-state index contributed by atoms with van der Waals surface area (Å²) in [5, 5.41) is 9.00. The zero-order valence-corrected chi connectivity index (χ0v) is 15.1. The van der Waals surface area contributed by atoms with Crippen molar-refractivity contribution in [2.45, 2.75) is 16.4 Å². The minimum atomic E-state index is -3.43. The van der Waals surface area contributed by atoms with Gasteiger partial charge in [-0.05, 0) is 35.4 Å². The number of rotatable bonds is 7. The van der Waals surface area contributed by atoms with Crippen LogP contribution in [0.1, 0.15) is 21.5 Å². The third-order valence-electron chi connectivity index (χ3n) is 3.39. The molecule has 2 aromatic carbocycles. The molecule has 128 valence electrons. The Labute approximate surface area is 146 Å². The lowest BCUT2D eigenvalue weighted by Crippen LogP contribution is -2.22. The second-order valence-electron chi connectivity index (χ2n) is 5.43. The van der Waals surface area contributed by atoms with Gasteiger partial charge < -0.3 is 5.11 Å². The number of benzene rings is 2. The molecule has 0 spiro atoms. The number of aromatic carboxylic acids is 1. The van der Waals surface area contributed by atoms with Crippen molar-refractivity contribution in [2.75, 3.05) is 14.1 Å². The van der Waals surface area contributed by atoms with E-state index in [9.17, 15) is 13.2 Å². The first-order chi connectivity index (χ1) is 11.3. The molecule has 0 saturated carbocycles. The highest BCUT2D eigenvalue weighted by atomic mass is 32.2. The lowest BCUT2D eigenvalue weighted by Gasteiger charge is -2.12. The maximum atomic E-state index is 12.1. The molecule has 2 aromatic rings. The van der Waals surface area contributed by atoms with Crippen molar-refractivity contribution >= 4 is 27.8 Å². The van der Waals surface area contributed by atoms with Crippen molar-refractivity contribution in [3.05, 3.63) is 65.2 Å². The van der Waals surface area contributed by atoms with Crippen LogP contribution in [0.2, 0.25) is 0 Å². The Morgan fingerprint density at radius 3 is 2.21 bits per heavy atom. The van der Waals surface area contributed by atoms with Crippen LogP contribution < -0.4 is 0 Å². The van der Waals surface area contributed by atoms with Gasteiger partial charge in [-0.25, -0.2) is 17.5 Å². The SMILES string of the molecule is CN(C)S(=O)(=O)c1cccc(CSCc2cccc(C(=O)O)c2)c1. The standard InChI is InChI=1S/C17H19NO4S2/c1-18(2)24(21,22)16-8-4-6-14(10-16)12-23-11-13-5-3-7-15(9-13)17(19)20/h3-10H,11-12H2,1-2H3,(H,19,20). The number of nitrogens with zero attached hydrogens (tertiary/aromatic N) is 1. The molecule has 5 nitrogen and oxygen atoms in total. The summed E-state index contributed by atoms with van der Waals surface area (Å²) in [6.45, 7) is 0. The second kappa shape index (κ2) is 7.83. The third-order valence-corrected chi connectivity index (χ3v) is 6.27. The highest BCUT2D eigenvalue weighted by Gasteiger charge is 2.17. The maximum Gasteiger partial charge on any atom is 0.335 e. The zero-order chi connectivity index (χ0) is 17.7. The summed E-state index contributed by atoms with van der Waals surface area (Å²) in [7, 11) is -0.421. The molecule has 0 aliphatic rings. The molecule has 0 aliphatic carbocycles. The number of carboxylic acids is 1. The molecule has 0 saturated heterocycles. The van der Waals surface area contributed by atoms with Gasteiger partial charge in [-0.2, -0.15) is 11.8 Å². The van der Waals surface area contributed by atoms with Gasteiger partial charge in [0.05, 0.1) is 10.5 Å². The van der Waals surface area contributed by atoms with Gasteiger partial charge in [0.15, 0.2) is 0 Å². The Kier molecular flexibility index (Phi) is 6.04. The maximum absolute atomic E-state index is 12.1. The van der Waals surface area contributed by atoms with Gasteiger partial charge in [0.1, 0.15) is 0 Å². The number of thioether (sulfide) groups is 1. The van der Waals surface area contributed by atoms with E-state index in [1.54, 1.807) is 48.2 Å². The molecule has 0 aliphatic heterocycles. The fourth-order valence-corrected chi connectivity index (χ4v) is 3.99. The summed E-state index contributed by atoms with van der Waals surface area (Å²) in [6.07, 6.45) is 0. The van der Waals surface area contributed by atoms with E-state index in [0.29, 0.717) is 11.5 Å². The van der Waals surface area contributed by atoms with Crippen molar-refractivity contribution in [3.8, 4) is 0 Å². The van der Waals surface area contributed by atoms with E-state index >= 15 is 0 Å². The molecular weight excluding hydrogens is 346 g/mol. The predicted octanol–water partition coefficient (Wildman–Crippen LogP) is 3.07. The molecule has 7 heteroatoms. The van der Waals surface area contributed by atoms with E-state index in [2.05, 4.69) is 0 Å². The molecule has 0 bridgehead atoms. The first-order valence-corrected chi connectivity index (χ1v) is 9.81. The fourth-order valence-electron chi connectivity index (χ4n) is 2.09. The van der Waals surface area contributed by atoms with Crippen molar-refractivity contribution in [1.82, 2.24) is 4.31 Å². The van der Waals surface area contributed by atoms with Crippen molar-refractivity contribution in [1.29, 1.82) is 0 Å². The second-order valence-corrected chi connectivity index (χ2v) is 8.57. The fraction of sp³-hybridized carbons (Fsp3) is 0.235. The minimum Gasteiger partial charge on any atom is -0.478 e. The van der Waals surface area contributed by atoms with Crippen LogP contribution in [-0.2, 0) is 21.5 Å². The van der Waals surface area contributed by atoms with Crippen molar-refractivity contribution < 1.29 is 18.3 Å². The average molecular weight is 365 g/mol. The topological polar surface area (TPSA) is 74.7 Å². The molecule has 0 fully saturated rings. The van der Waals surface area contributed by atoms with Crippen LogP contribution in [0, 0.1) is 0 Å². The first-order valence-electron chi connectivity index (χ1n) is 7.22. The Hall–Kier alpha value is -1.83. The van der Waals surface area contributed by atoms with Gasteiger partial charge in [-0.15, -0.1) is 0 Å². The van der Waals surface area contributed by atoms with Gasteiger partial charge in [-0.1, -0.05) is 24.3 Å². The molecule has 24 heavy (non-hydrogen) atoms. The smallest absolute Gasteiger partial charge is 0.335 e. The summed E-state index contributed by atoms with van der Waals surface area (Å²) < 4.78 is 25.5. The summed E-state index contributed by atoms with van der Waals surface area (Å²) in [6, 6.07) is 13.7. The Balaban J connectivity index is 2.03. The lowest BCUT2D eigenvalue weighted by molar-refractivity contribution is 0.0696. The first kappa shape index (κ1) is 18.5. The van der Waals surface area contributed by atoms with Gasteiger partial charge in [0.25, 0.3) is 0 Å². The molecule has 0 unspecified atom stereocenters. The summed E-state index contributed by atoms with van der Waals surface area (Å²) in [5.41, 5.74) is 2.11. The number of hydrogen-bond acceptors (Lipinski definition) is 4. The van der Waals surface area contributed by atoms with Crippen molar-refractivity contribution in [3.63, 3.8) is 0 Å². The Morgan fingerprint density at radius 1 is 1.04 bits per heavy atom. The highest BCUT2D eigenvalue weighted by Crippen LogP contribution is 2.21. The van der Waals surface area contributed by atoms with Crippen molar-refractivity contribution in [2.24, 2.45) is 0 Å². The molecule has 1 N–H and O–H groups in total. The summed E-state index contributed by atoms with van der Waals surface area (Å²) >= 11 is 1.61. The predicted molar refractivity (Wildman–Crippen MR) is 95.7 cm³/mol. The summed E-state index contributed by atoms with van der Waals surface area (Å²) in [4.78, 5) is 11.2. The molecule has 0 heterocycles. The average Bonchev–Trinajstić information content (AvgIpc) is 2.55. The molecule has 0 radical (unpaired) electrons. The van der Waals surface area contributed by atoms with Gasteiger partial charge in [0.2, 0.25) is 10.0 Å². The van der Waals surface area contributed by atoms with E-state index in [1.807, 2.05) is 12.1 Å². The zero-order valence-electron chi connectivity index (χ0n) is 13.5. The quantitative estimate of drug-likeness (QED) is 0.816. The van der Waals surface area contributed by atoms with E-state index in [0.717, 1.165) is 11.1 Å². The molecule has 2 rings (SSSR count). The van der Waals surface area contributed by atoms with Gasteiger partial charge in [0, 0.05) is 25.6 Å². The largest absolute Gasteiger partial charge is 0.478 e. The Morgan fingerprint density at radius 2 is 1.62 bits per heavy atom. The molecular formula is C17H19NO4S2. The number of carboxylic acid groups (broad SMARTS) is 1. The monoisotopic (exact) mass is 365 g/mol. The van der Waals surface area contributed by atoms with Crippen LogP contribution in [-0.4, -0.2) is 37.9 Å². The van der Waals surface area contributed by atoms with Gasteiger partial charge >= 0.3 is 5.97 Å². The third kappa shape index (κ3) is 4.59. The summed E-state index contributed by atoms with van der Waals surface area (Å²) in [5.74, 6) is 0.364. The Bertz CT molecular complexity index is 832. The van der Waals surface area contributed by atoms with Crippen LogP contribution in [0.15, 0.2) is 53.4 Å². The van der Waals surface area contributed by atoms with E-state index in [4.69, 9.17) is 5.11 Å². The number of sulfonamides is 1. The number of carbonyl (C=O) groups is 1. The van der Waals surface area contributed by atoms with Crippen LogP contribution in [0.5, 0.6) is 0 Å². The van der Waals surface area contributed by atoms with Gasteiger partial charge in [-0.3, -0.25) is 0 Å². The highest BCUT2D eigenvalue weighted by molar-refractivity contribution is 7.97. The molecule has 0 aromatic heterocycles.